The average Bonchev–Trinajstić information content (AvgIpc) is 2.58. The van der Waals surface area contributed by atoms with Gasteiger partial charge in [0.05, 0.1) is 0 Å². The minimum atomic E-state index is -0.0824. The SMILES string of the molecule is CC(C)C1CCC(C2CC(=O)NC2=O)CC1. The molecule has 1 saturated carbocycles. The number of imide groups is 1. The first-order valence-corrected chi connectivity index (χ1v) is 6.41. The molecule has 3 heteroatoms. The van der Waals surface area contributed by atoms with Crippen molar-refractivity contribution in [3.05, 3.63) is 0 Å². The van der Waals surface area contributed by atoms with Gasteiger partial charge in [0.25, 0.3) is 0 Å². The molecular formula is C13H21NO2. The van der Waals surface area contributed by atoms with E-state index in [4.69, 9.17) is 0 Å². The first-order valence-electron chi connectivity index (χ1n) is 6.41. The summed E-state index contributed by atoms with van der Waals surface area (Å²) in [5, 5.41) is 2.42. The van der Waals surface area contributed by atoms with Crippen molar-refractivity contribution in [1.29, 1.82) is 0 Å². The molecule has 1 saturated heterocycles. The zero-order chi connectivity index (χ0) is 11.7. The van der Waals surface area contributed by atoms with Crippen molar-refractivity contribution in [2.45, 2.75) is 46.0 Å². The van der Waals surface area contributed by atoms with Gasteiger partial charge in [0, 0.05) is 12.3 Å². The van der Waals surface area contributed by atoms with Gasteiger partial charge in [-0.15, -0.1) is 0 Å². The number of rotatable bonds is 2. The first-order chi connectivity index (χ1) is 7.58. The molecule has 2 fully saturated rings. The molecule has 0 aromatic rings. The molecule has 1 heterocycles. The molecule has 16 heavy (non-hydrogen) atoms. The van der Waals surface area contributed by atoms with E-state index in [0.717, 1.165) is 24.7 Å². The van der Waals surface area contributed by atoms with Gasteiger partial charge in [-0.3, -0.25) is 14.9 Å². The summed E-state index contributed by atoms with van der Waals surface area (Å²) in [6, 6.07) is 0. The van der Waals surface area contributed by atoms with E-state index in [1.54, 1.807) is 0 Å². The highest BCUT2D eigenvalue weighted by Crippen LogP contribution is 2.38. The third-order valence-electron chi connectivity index (χ3n) is 4.33. The second-order valence-corrected chi connectivity index (χ2v) is 5.64. The number of carbonyl (C=O) groups is 2. The largest absolute Gasteiger partial charge is 0.296 e. The predicted molar refractivity (Wildman–Crippen MR) is 61.5 cm³/mol. The lowest BCUT2D eigenvalue weighted by Crippen LogP contribution is -2.29. The second-order valence-electron chi connectivity index (χ2n) is 5.64. The Balaban J connectivity index is 1.89. The Morgan fingerprint density at radius 2 is 1.75 bits per heavy atom. The standard InChI is InChI=1S/C13H21NO2/c1-8(2)9-3-5-10(6-4-9)11-7-12(15)14-13(11)16/h8-11H,3-7H2,1-2H3,(H,14,15,16). The van der Waals surface area contributed by atoms with Crippen LogP contribution in [0.4, 0.5) is 0 Å². The van der Waals surface area contributed by atoms with Crippen LogP contribution in [0.15, 0.2) is 0 Å². The van der Waals surface area contributed by atoms with Gasteiger partial charge in [-0.05, 0) is 43.4 Å². The van der Waals surface area contributed by atoms with Crippen molar-refractivity contribution in [3.63, 3.8) is 0 Å². The fourth-order valence-corrected chi connectivity index (χ4v) is 3.17. The molecule has 0 radical (unpaired) electrons. The maximum Gasteiger partial charge on any atom is 0.230 e. The summed E-state index contributed by atoms with van der Waals surface area (Å²) < 4.78 is 0. The Labute approximate surface area is 97.0 Å². The number of hydrogen-bond acceptors (Lipinski definition) is 2. The van der Waals surface area contributed by atoms with Crippen LogP contribution in [-0.4, -0.2) is 11.8 Å². The van der Waals surface area contributed by atoms with E-state index in [1.807, 2.05) is 0 Å². The quantitative estimate of drug-likeness (QED) is 0.729. The van der Waals surface area contributed by atoms with Gasteiger partial charge < -0.3 is 0 Å². The second kappa shape index (κ2) is 4.56. The highest BCUT2D eigenvalue weighted by Gasteiger charge is 2.38. The predicted octanol–water partition coefficient (Wildman–Crippen LogP) is 2.11. The average molecular weight is 223 g/mol. The Bertz CT molecular complexity index is 290. The lowest BCUT2D eigenvalue weighted by molar-refractivity contribution is -0.126. The van der Waals surface area contributed by atoms with Crippen LogP contribution >= 0.6 is 0 Å². The van der Waals surface area contributed by atoms with E-state index >= 15 is 0 Å². The molecule has 0 aromatic heterocycles. The van der Waals surface area contributed by atoms with Crippen LogP contribution in [0.2, 0.25) is 0 Å². The molecule has 1 atom stereocenters. The van der Waals surface area contributed by atoms with E-state index in [1.165, 1.54) is 12.8 Å². The lowest BCUT2D eigenvalue weighted by Gasteiger charge is -2.32. The van der Waals surface area contributed by atoms with Crippen LogP contribution in [0.3, 0.4) is 0 Å². The van der Waals surface area contributed by atoms with Crippen molar-refractivity contribution in [1.82, 2.24) is 5.32 Å². The third kappa shape index (κ3) is 2.28. The maximum atomic E-state index is 11.6. The summed E-state index contributed by atoms with van der Waals surface area (Å²) >= 11 is 0. The molecule has 0 aromatic carbocycles. The summed E-state index contributed by atoms with van der Waals surface area (Å²) in [5.41, 5.74) is 0. The van der Waals surface area contributed by atoms with E-state index in [-0.39, 0.29) is 17.7 Å². The highest BCUT2D eigenvalue weighted by molar-refractivity contribution is 6.03. The highest BCUT2D eigenvalue weighted by atomic mass is 16.2. The van der Waals surface area contributed by atoms with E-state index < -0.39 is 0 Å². The van der Waals surface area contributed by atoms with Crippen LogP contribution < -0.4 is 5.32 Å². The molecule has 3 nitrogen and oxygen atoms in total. The fourth-order valence-electron chi connectivity index (χ4n) is 3.17. The van der Waals surface area contributed by atoms with Crippen molar-refractivity contribution >= 4 is 11.8 Å². The van der Waals surface area contributed by atoms with Crippen LogP contribution in [0.5, 0.6) is 0 Å². The molecular weight excluding hydrogens is 202 g/mol. The molecule has 2 amide bonds. The molecule has 1 N–H and O–H groups in total. The van der Waals surface area contributed by atoms with Gasteiger partial charge in [0.2, 0.25) is 11.8 Å². The van der Waals surface area contributed by atoms with Crippen LogP contribution in [0.1, 0.15) is 46.0 Å². The summed E-state index contributed by atoms with van der Waals surface area (Å²) in [6.45, 7) is 4.55. The van der Waals surface area contributed by atoms with Crippen molar-refractivity contribution in [2.24, 2.45) is 23.7 Å². The van der Waals surface area contributed by atoms with Gasteiger partial charge >= 0.3 is 0 Å². The summed E-state index contributed by atoms with van der Waals surface area (Å²) in [5.74, 6) is 1.87. The zero-order valence-electron chi connectivity index (χ0n) is 10.2. The number of amides is 2. The summed E-state index contributed by atoms with van der Waals surface area (Å²) in [7, 11) is 0. The van der Waals surface area contributed by atoms with Gasteiger partial charge in [0.15, 0.2) is 0 Å². The minimum Gasteiger partial charge on any atom is -0.296 e. The van der Waals surface area contributed by atoms with E-state index in [2.05, 4.69) is 19.2 Å². The Kier molecular flexibility index (Phi) is 3.31. The third-order valence-corrected chi connectivity index (χ3v) is 4.33. The van der Waals surface area contributed by atoms with Gasteiger partial charge in [-0.25, -0.2) is 0 Å². The molecule has 1 aliphatic carbocycles. The smallest absolute Gasteiger partial charge is 0.230 e. The van der Waals surface area contributed by atoms with Gasteiger partial charge in [0.1, 0.15) is 0 Å². The van der Waals surface area contributed by atoms with Crippen LogP contribution in [0, 0.1) is 23.7 Å². The van der Waals surface area contributed by atoms with E-state index in [0.29, 0.717) is 12.3 Å². The number of nitrogens with one attached hydrogen (secondary N) is 1. The summed E-state index contributed by atoms with van der Waals surface area (Å²) in [6.07, 6.45) is 5.11. The Morgan fingerprint density at radius 3 is 2.19 bits per heavy atom. The zero-order valence-corrected chi connectivity index (χ0v) is 10.2. The van der Waals surface area contributed by atoms with Gasteiger partial charge in [-0.2, -0.15) is 0 Å². The molecule has 1 aliphatic heterocycles. The molecule has 0 bridgehead atoms. The van der Waals surface area contributed by atoms with Crippen molar-refractivity contribution < 1.29 is 9.59 Å². The van der Waals surface area contributed by atoms with E-state index in [9.17, 15) is 9.59 Å². The number of hydrogen-bond donors (Lipinski definition) is 1. The monoisotopic (exact) mass is 223 g/mol. The Hall–Kier alpha value is -0.860. The fraction of sp³-hybridized carbons (Fsp3) is 0.846. The van der Waals surface area contributed by atoms with Crippen molar-refractivity contribution in [3.8, 4) is 0 Å². The maximum absolute atomic E-state index is 11.6. The molecule has 2 aliphatic rings. The molecule has 1 unspecified atom stereocenters. The molecule has 2 rings (SSSR count). The molecule has 0 spiro atoms. The first kappa shape index (κ1) is 11.6. The van der Waals surface area contributed by atoms with Crippen LogP contribution in [0.25, 0.3) is 0 Å². The molecule has 90 valence electrons. The minimum absolute atomic E-state index is 0.0272. The normalized spacial score (nSPS) is 35.6. The van der Waals surface area contributed by atoms with Crippen molar-refractivity contribution in [2.75, 3.05) is 0 Å². The lowest BCUT2D eigenvalue weighted by atomic mass is 9.72. The van der Waals surface area contributed by atoms with Crippen LogP contribution in [-0.2, 0) is 9.59 Å². The Morgan fingerprint density at radius 1 is 1.12 bits per heavy atom. The number of carbonyl (C=O) groups excluding carboxylic acids is 2. The summed E-state index contributed by atoms with van der Waals surface area (Å²) in [4.78, 5) is 22.7. The topological polar surface area (TPSA) is 46.2 Å². The van der Waals surface area contributed by atoms with Gasteiger partial charge in [-0.1, -0.05) is 13.8 Å².